The summed E-state index contributed by atoms with van der Waals surface area (Å²) in [6.45, 7) is 2.22. The Hall–Kier alpha value is -0.760. The highest BCUT2D eigenvalue weighted by atomic mass is 16.5. The molecule has 2 rings (SSSR count). The van der Waals surface area contributed by atoms with Crippen LogP contribution in [0.3, 0.4) is 0 Å². The molecule has 0 saturated carbocycles. The van der Waals surface area contributed by atoms with Gasteiger partial charge in [-0.25, -0.2) is 0 Å². The van der Waals surface area contributed by atoms with E-state index in [0.717, 1.165) is 6.54 Å². The van der Waals surface area contributed by atoms with Crippen LogP contribution in [0.4, 0.5) is 0 Å². The van der Waals surface area contributed by atoms with Gasteiger partial charge in [-0.05, 0) is 44.5 Å². The molecule has 2 heterocycles. The highest BCUT2D eigenvalue weighted by molar-refractivity contribution is 5.27. The van der Waals surface area contributed by atoms with E-state index in [2.05, 4.69) is 24.1 Å². The van der Waals surface area contributed by atoms with Crippen LogP contribution < -0.4 is 0 Å². The van der Waals surface area contributed by atoms with Gasteiger partial charge in [0.25, 0.3) is 0 Å². The topological polar surface area (TPSA) is 12.5 Å². The monoisotopic (exact) mass is 179 g/mol. The molecule has 2 heteroatoms. The van der Waals surface area contributed by atoms with E-state index in [-0.39, 0.29) is 0 Å². The van der Waals surface area contributed by atoms with Crippen LogP contribution in [0, 0.1) is 0 Å². The Balaban J connectivity index is 2.06. The van der Waals surface area contributed by atoms with E-state index in [9.17, 15) is 0 Å². The van der Waals surface area contributed by atoms with Crippen LogP contribution in [0.5, 0.6) is 0 Å². The summed E-state index contributed by atoms with van der Waals surface area (Å²) in [5, 5.41) is 0. The SMILES string of the molecule is CN1CCCC/C=C2/C=COC2C1. The second-order valence-electron chi connectivity index (χ2n) is 3.89. The van der Waals surface area contributed by atoms with Crippen LogP contribution in [-0.4, -0.2) is 31.1 Å². The predicted molar refractivity (Wildman–Crippen MR) is 53.4 cm³/mol. The Morgan fingerprint density at radius 1 is 1.46 bits per heavy atom. The lowest BCUT2D eigenvalue weighted by Crippen LogP contribution is -2.30. The van der Waals surface area contributed by atoms with Crippen molar-refractivity contribution in [1.82, 2.24) is 4.90 Å². The summed E-state index contributed by atoms with van der Waals surface area (Å²) in [6.07, 6.45) is 10.4. The lowest BCUT2D eigenvalue weighted by molar-refractivity contribution is 0.148. The summed E-state index contributed by atoms with van der Waals surface area (Å²) in [4.78, 5) is 2.36. The van der Waals surface area contributed by atoms with Crippen molar-refractivity contribution >= 4 is 0 Å². The van der Waals surface area contributed by atoms with Crippen molar-refractivity contribution in [3.05, 3.63) is 24.0 Å². The minimum atomic E-state index is 0.295. The lowest BCUT2D eigenvalue weighted by Gasteiger charge is -2.20. The molecule has 0 aromatic heterocycles. The van der Waals surface area contributed by atoms with Crippen LogP contribution in [-0.2, 0) is 4.74 Å². The molecule has 0 fully saturated rings. The first-order chi connectivity index (χ1) is 6.36. The van der Waals surface area contributed by atoms with Gasteiger partial charge in [0, 0.05) is 6.54 Å². The Morgan fingerprint density at radius 2 is 2.38 bits per heavy atom. The van der Waals surface area contributed by atoms with Crippen molar-refractivity contribution in [1.29, 1.82) is 0 Å². The number of hydrogen-bond donors (Lipinski definition) is 0. The van der Waals surface area contributed by atoms with Crippen LogP contribution >= 0.6 is 0 Å². The fourth-order valence-electron chi connectivity index (χ4n) is 1.92. The fourth-order valence-corrected chi connectivity index (χ4v) is 1.92. The molecule has 0 saturated heterocycles. The smallest absolute Gasteiger partial charge is 0.135 e. The lowest BCUT2D eigenvalue weighted by atomic mass is 10.1. The highest BCUT2D eigenvalue weighted by Crippen LogP contribution is 2.20. The van der Waals surface area contributed by atoms with Crippen molar-refractivity contribution in [2.24, 2.45) is 0 Å². The van der Waals surface area contributed by atoms with Gasteiger partial charge in [-0.3, -0.25) is 0 Å². The Bertz CT molecular complexity index is 232. The normalized spacial score (nSPS) is 33.6. The summed E-state index contributed by atoms with van der Waals surface area (Å²) in [5.41, 5.74) is 1.37. The van der Waals surface area contributed by atoms with E-state index in [4.69, 9.17) is 4.74 Å². The van der Waals surface area contributed by atoms with Gasteiger partial charge in [0.05, 0.1) is 6.26 Å². The second-order valence-corrected chi connectivity index (χ2v) is 3.89. The summed E-state index contributed by atoms with van der Waals surface area (Å²) in [7, 11) is 2.17. The number of fused-ring (bicyclic) bond motifs is 1. The average Bonchev–Trinajstić information content (AvgIpc) is 2.52. The first kappa shape index (κ1) is 8.82. The third kappa shape index (κ3) is 2.13. The van der Waals surface area contributed by atoms with Crippen molar-refractivity contribution in [2.75, 3.05) is 20.1 Å². The molecule has 0 spiro atoms. The van der Waals surface area contributed by atoms with Gasteiger partial charge in [-0.2, -0.15) is 0 Å². The molecule has 0 aliphatic carbocycles. The molecule has 0 radical (unpaired) electrons. The largest absolute Gasteiger partial charge is 0.492 e. The third-order valence-corrected chi connectivity index (χ3v) is 2.73. The molecule has 0 aromatic carbocycles. The zero-order valence-corrected chi connectivity index (χ0v) is 8.20. The van der Waals surface area contributed by atoms with Crippen molar-refractivity contribution in [3.63, 3.8) is 0 Å². The molecule has 2 nitrogen and oxygen atoms in total. The van der Waals surface area contributed by atoms with Gasteiger partial charge in [0.1, 0.15) is 6.10 Å². The maximum atomic E-state index is 5.53. The molecular formula is C11H17NO. The number of likely N-dealkylation sites (N-methyl/N-ethyl adjacent to an activating group) is 1. The standard InChI is InChI=1S/C11H17NO/c1-12-7-4-2-3-5-10-6-8-13-11(10)9-12/h5-6,8,11H,2-4,7,9H2,1H3/b10-5-. The molecular weight excluding hydrogens is 162 g/mol. The number of nitrogens with zero attached hydrogens (tertiary/aromatic N) is 1. The van der Waals surface area contributed by atoms with E-state index in [0.29, 0.717) is 6.10 Å². The molecule has 72 valence electrons. The summed E-state index contributed by atoms with van der Waals surface area (Å²) in [6, 6.07) is 0. The van der Waals surface area contributed by atoms with E-state index in [1.807, 2.05) is 6.26 Å². The van der Waals surface area contributed by atoms with Crippen LogP contribution in [0.2, 0.25) is 0 Å². The zero-order valence-electron chi connectivity index (χ0n) is 8.20. The number of hydrogen-bond acceptors (Lipinski definition) is 2. The van der Waals surface area contributed by atoms with Gasteiger partial charge >= 0.3 is 0 Å². The molecule has 0 aromatic rings. The molecule has 0 N–H and O–H groups in total. The second kappa shape index (κ2) is 3.97. The summed E-state index contributed by atoms with van der Waals surface area (Å²) in [5.74, 6) is 0. The predicted octanol–water partition coefficient (Wildman–Crippen LogP) is 1.94. The van der Waals surface area contributed by atoms with Crippen LogP contribution in [0.15, 0.2) is 24.0 Å². The molecule has 2 aliphatic rings. The van der Waals surface area contributed by atoms with Gasteiger partial charge < -0.3 is 9.64 Å². The Kier molecular flexibility index (Phi) is 2.69. The summed E-state index contributed by atoms with van der Waals surface area (Å²) < 4.78 is 5.53. The minimum absolute atomic E-state index is 0.295. The van der Waals surface area contributed by atoms with E-state index in [1.165, 1.54) is 31.4 Å². The Morgan fingerprint density at radius 3 is 3.31 bits per heavy atom. The van der Waals surface area contributed by atoms with Crippen molar-refractivity contribution in [2.45, 2.75) is 25.4 Å². The highest BCUT2D eigenvalue weighted by Gasteiger charge is 2.19. The minimum Gasteiger partial charge on any atom is -0.492 e. The van der Waals surface area contributed by atoms with Crippen molar-refractivity contribution in [3.8, 4) is 0 Å². The number of ether oxygens (including phenoxy) is 1. The average molecular weight is 179 g/mol. The van der Waals surface area contributed by atoms with Gasteiger partial charge in [-0.15, -0.1) is 0 Å². The van der Waals surface area contributed by atoms with E-state index in [1.54, 1.807) is 0 Å². The molecule has 0 bridgehead atoms. The van der Waals surface area contributed by atoms with Gasteiger partial charge in [0.15, 0.2) is 0 Å². The third-order valence-electron chi connectivity index (χ3n) is 2.73. The maximum absolute atomic E-state index is 5.53. The van der Waals surface area contributed by atoms with Crippen LogP contribution in [0.1, 0.15) is 19.3 Å². The Labute approximate surface area is 79.9 Å². The fraction of sp³-hybridized carbons (Fsp3) is 0.636. The van der Waals surface area contributed by atoms with E-state index < -0.39 is 0 Å². The molecule has 13 heavy (non-hydrogen) atoms. The van der Waals surface area contributed by atoms with Gasteiger partial charge in [0.2, 0.25) is 0 Å². The maximum Gasteiger partial charge on any atom is 0.135 e. The molecule has 0 amide bonds. The summed E-state index contributed by atoms with van der Waals surface area (Å²) >= 11 is 0. The molecule has 2 aliphatic heterocycles. The van der Waals surface area contributed by atoms with E-state index >= 15 is 0 Å². The zero-order chi connectivity index (χ0) is 9.10. The quantitative estimate of drug-likeness (QED) is 0.563. The molecule has 1 atom stereocenters. The first-order valence-corrected chi connectivity index (χ1v) is 5.07. The number of allylic oxidation sites excluding steroid dienone is 1. The number of rotatable bonds is 0. The van der Waals surface area contributed by atoms with Crippen molar-refractivity contribution < 1.29 is 4.74 Å². The molecule has 1 unspecified atom stereocenters. The first-order valence-electron chi connectivity index (χ1n) is 5.07. The van der Waals surface area contributed by atoms with Crippen LogP contribution in [0.25, 0.3) is 0 Å². The van der Waals surface area contributed by atoms with Gasteiger partial charge in [-0.1, -0.05) is 6.08 Å².